The lowest BCUT2D eigenvalue weighted by atomic mass is 10.1. The van der Waals surface area contributed by atoms with E-state index in [1.165, 1.54) is 25.7 Å². The molecule has 2 aliphatic rings. The second-order valence-electron chi connectivity index (χ2n) is 5.76. The summed E-state index contributed by atoms with van der Waals surface area (Å²) in [5.41, 5.74) is 0. The van der Waals surface area contributed by atoms with Crippen molar-refractivity contribution in [2.24, 2.45) is 0 Å². The standard InChI is InChI=1S/C14H25N3OS/c1-16-8-10-17(11-9-16)14(19)13(18)15-12-6-4-2-3-5-7-12/h12H,2-11H2,1H3,(H,15,18). The van der Waals surface area contributed by atoms with Gasteiger partial charge >= 0.3 is 0 Å². The first-order valence-corrected chi connectivity index (χ1v) is 7.86. The number of rotatable bonds is 1. The van der Waals surface area contributed by atoms with Crippen LogP contribution in [-0.2, 0) is 4.79 Å². The van der Waals surface area contributed by atoms with Crippen LogP contribution in [0.2, 0.25) is 0 Å². The molecule has 0 spiro atoms. The summed E-state index contributed by atoms with van der Waals surface area (Å²) in [4.78, 5) is 17.0. The van der Waals surface area contributed by atoms with E-state index in [4.69, 9.17) is 12.2 Å². The van der Waals surface area contributed by atoms with Gasteiger partial charge in [-0.2, -0.15) is 0 Å². The molecule has 1 heterocycles. The van der Waals surface area contributed by atoms with E-state index < -0.39 is 0 Å². The molecule has 1 aliphatic heterocycles. The highest BCUT2D eigenvalue weighted by molar-refractivity contribution is 7.82. The second kappa shape index (κ2) is 7.20. The van der Waals surface area contributed by atoms with E-state index >= 15 is 0 Å². The number of nitrogens with one attached hydrogen (secondary N) is 1. The average molecular weight is 283 g/mol. The van der Waals surface area contributed by atoms with E-state index in [0.29, 0.717) is 11.0 Å². The summed E-state index contributed by atoms with van der Waals surface area (Å²) in [6.45, 7) is 3.70. The maximum absolute atomic E-state index is 12.2. The molecule has 0 radical (unpaired) electrons. The molecule has 19 heavy (non-hydrogen) atoms. The molecule has 5 heteroatoms. The molecule has 108 valence electrons. The van der Waals surface area contributed by atoms with Crippen LogP contribution in [-0.4, -0.2) is 60.0 Å². The van der Waals surface area contributed by atoms with E-state index in [-0.39, 0.29) is 5.91 Å². The van der Waals surface area contributed by atoms with E-state index in [1.54, 1.807) is 0 Å². The highest BCUT2D eigenvalue weighted by atomic mass is 32.1. The smallest absolute Gasteiger partial charge is 0.279 e. The number of piperazine rings is 1. The third-order valence-corrected chi connectivity index (χ3v) is 4.62. The Kier molecular flexibility index (Phi) is 5.58. The number of carbonyl (C=O) groups excluding carboxylic acids is 1. The summed E-state index contributed by atoms with van der Waals surface area (Å²) >= 11 is 5.33. The fourth-order valence-corrected chi connectivity index (χ4v) is 3.07. The van der Waals surface area contributed by atoms with Gasteiger partial charge in [0.25, 0.3) is 5.91 Å². The molecule has 0 bridgehead atoms. The maximum Gasteiger partial charge on any atom is 0.279 e. The van der Waals surface area contributed by atoms with Gasteiger partial charge in [-0.1, -0.05) is 37.9 Å². The van der Waals surface area contributed by atoms with Gasteiger partial charge in [0.15, 0.2) is 4.99 Å². The number of nitrogens with zero attached hydrogens (tertiary/aromatic N) is 2. The molecule has 0 aromatic rings. The van der Waals surface area contributed by atoms with E-state index in [9.17, 15) is 4.79 Å². The number of carbonyl (C=O) groups is 1. The highest BCUT2D eigenvalue weighted by Crippen LogP contribution is 2.17. The first-order valence-electron chi connectivity index (χ1n) is 7.45. The number of hydrogen-bond acceptors (Lipinski definition) is 3. The third kappa shape index (κ3) is 4.42. The van der Waals surface area contributed by atoms with Crippen LogP contribution in [0.1, 0.15) is 38.5 Å². The van der Waals surface area contributed by atoms with Gasteiger partial charge in [-0.3, -0.25) is 4.79 Å². The minimum absolute atomic E-state index is 0.0357. The molecule has 0 aromatic heterocycles. The Balaban J connectivity index is 1.79. The lowest BCUT2D eigenvalue weighted by Gasteiger charge is -2.34. The van der Waals surface area contributed by atoms with E-state index in [2.05, 4.69) is 17.3 Å². The minimum Gasteiger partial charge on any atom is -0.356 e. The zero-order valence-corrected chi connectivity index (χ0v) is 12.7. The summed E-state index contributed by atoms with van der Waals surface area (Å²) in [6, 6.07) is 0.334. The van der Waals surface area contributed by atoms with Crippen LogP contribution in [0.25, 0.3) is 0 Å². The molecule has 4 nitrogen and oxygen atoms in total. The topological polar surface area (TPSA) is 35.6 Å². The largest absolute Gasteiger partial charge is 0.356 e. The highest BCUT2D eigenvalue weighted by Gasteiger charge is 2.23. The third-order valence-electron chi connectivity index (χ3n) is 4.18. The van der Waals surface area contributed by atoms with Crippen molar-refractivity contribution < 1.29 is 4.79 Å². The average Bonchev–Trinajstić information content (AvgIpc) is 2.67. The van der Waals surface area contributed by atoms with Crippen LogP contribution in [0, 0.1) is 0 Å². The van der Waals surface area contributed by atoms with E-state index in [0.717, 1.165) is 39.0 Å². The summed E-state index contributed by atoms with van der Waals surface area (Å²) < 4.78 is 0. The van der Waals surface area contributed by atoms with Crippen LogP contribution in [0.4, 0.5) is 0 Å². The molecule has 1 N–H and O–H groups in total. The Morgan fingerprint density at radius 1 is 1.05 bits per heavy atom. The van der Waals surface area contributed by atoms with Gasteiger partial charge in [-0.25, -0.2) is 0 Å². The van der Waals surface area contributed by atoms with Crippen LogP contribution >= 0.6 is 12.2 Å². The van der Waals surface area contributed by atoms with Crippen molar-refractivity contribution in [2.45, 2.75) is 44.6 Å². The monoisotopic (exact) mass is 283 g/mol. The van der Waals surface area contributed by atoms with Crippen LogP contribution in [0.15, 0.2) is 0 Å². The summed E-state index contributed by atoms with van der Waals surface area (Å²) in [7, 11) is 2.10. The van der Waals surface area contributed by atoms with Crippen molar-refractivity contribution >= 4 is 23.1 Å². The fraction of sp³-hybridized carbons (Fsp3) is 0.857. The first kappa shape index (κ1) is 14.7. The van der Waals surface area contributed by atoms with Crippen molar-refractivity contribution in [3.8, 4) is 0 Å². The SMILES string of the molecule is CN1CCN(C(=S)C(=O)NC2CCCCCC2)CC1. The van der Waals surface area contributed by atoms with Crippen molar-refractivity contribution in [1.29, 1.82) is 0 Å². The Morgan fingerprint density at radius 2 is 1.63 bits per heavy atom. The van der Waals surface area contributed by atoms with Crippen molar-refractivity contribution in [3.05, 3.63) is 0 Å². The number of likely N-dealkylation sites (N-methyl/N-ethyl adjacent to an activating group) is 1. The minimum atomic E-state index is -0.0357. The molecule has 1 amide bonds. The van der Waals surface area contributed by atoms with Gasteiger partial charge in [0.05, 0.1) is 0 Å². The van der Waals surface area contributed by atoms with E-state index in [1.807, 2.05) is 4.90 Å². The number of thiocarbonyl (C=S) groups is 1. The Labute approximate surface area is 121 Å². The first-order chi connectivity index (χ1) is 9.16. The molecule has 1 saturated heterocycles. The molecule has 2 fully saturated rings. The molecular weight excluding hydrogens is 258 g/mol. The predicted molar refractivity (Wildman–Crippen MR) is 81.3 cm³/mol. The van der Waals surface area contributed by atoms with Gasteiger partial charge in [-0.15, -0.1) is 0 Å². The molecule has 1 aliphatic carbocycles. The predicted octanol–water partition coefficient (Wildman–Crippen LogP) is 1.40. The molecule has 0 aromatic carbocycles. The van der Waals surface area contributed by atoms with Gasteiger partial charge in [-0.05, 0) is 19.9 Å². The maximum atomic E-state index is 12.2. The molecule has 2 rings (SSSR count). The normalized spacial score (nSPS) is 22.9. The van der Waals surface area contributed by atoms with Crippen molar-refractivity contribution in [2.75, 3.05) is 33.2 Å². The van der Waals surface area contributed by atoms with Gasteiger partial charge < -0.3 is 15.1 Å². The van der Waals surface area contributed by atoms with Gasteiger partial charge in [0.2, 0.25) is 0 Å². The summed E-state index contributed by atoms with van der Waals surface area (Å²) in [5.74, 6) is -0.0357. The molecular formula is C14H25N3OS. The molecule has 0 unspecified atom stereocenters. The Hall–Kier alpha value is -0.680. The zero-order valence-electron chi connectivity index (χ0n) is 11.9. The van der Waals surface area contributed by atoms with Gasteiger partial charge in [0, 0.05) is 32.2 Å². The summed E-state index contributed by atoms with van der Waals surface area (Å²) in [6.07, 6.45) is 7.27. The number of hydrogen-bond donors (Lipinski definition) is 1. The van der Waals surface area contributed by atoms with Crippen molar-refractivity contribution in [1.82, 2.24) is 15.1 Å². The Bertz CT molecular complexity index is 319. The second-order valence-corrected chi connectivity index (χ2v) is 6.14. The zero-order chi connectivity index (χ0) is 13.7. The quantitative estimate of drug-likeness (QED) is 0.583. The van der Waals surface area contributed by atoms with Crippen molar-refractivity contribution in [3.63, 3.8) is 0 Å². The number of amides is 1. The lowest BCUT2D eigenvalue weighted by Crippen LogP contribution is -2.52. The molecule has 1 saturated carbocycles. The van der Waals surface area contributed by atoms with Crippen LogP contribution in [0.5, 0.6) is 0 Å². The van der Waals surface area contributed by atoms with Gasteiger partial charge in [0.1, 0.15) is 0 Å². The molecule has 0 atom stereocenters. The van der Waals surface area contributed by atoms with Crippen LogP contribution < -0.4 is 5.32 Å². The Morgan fingerprint density at radius 3 is 2.21 bits per heavy atom. The van der Waals surface area contributed by atoms with Crippen LogP contribution in [0.3, 0.4) is 0 Å². The fourth-order valence-electron chi connectivity index (χ4n) is 2.82. The summed E-state index contributed by atoms with van der Waals surface area (Å²) in [5, 5.41) is 3.13. The lowest BCUT2D eigenvalue weighted by molar-refractivity contribution is -0.116.